The molecular formula is C50H31N3S. The number of nitrogens with zero attached hydrogens (tertiary/aromatic N) is 3. The number of fused-ring (bicyclic) bond motifs is 7. The van der Waals surface area contributed by atoms with Crippen LogP contribution >= 0.6 is 11.3 Å². The van der Waals surface area contributed by atoms with E-state index in [-0.39, 0.29) is 0 Å². The van der Waals surface area contributed by atoms with Crippen molar-refractivity contribution < 1.29 is 0 Å². The van der Waals surface area contributed by atoms with Crippen LogP contribution in [0.25, 0.3) is 103 Å². The van der Waals surface area contributed by atoms with Gasteiger partial charge in [-0.3, -0.25) is 4.57 Å². The van der Waals surface area contributed by atoms with E-state index in [2.05, 4.69) is 187 Å². The van der Waals surface area contributed by atoms with Crippen molar-refractivity contribution in [2.75, 3.05) is 0 Å². The Balaban J connectivity index is 1.23. The molecule has 0 aliphatic rings. The first-order chi connectivity index (χ1) is 26.8. The van der Waals surface area contributed by atoms with Crippen LogP contribution in [0.1, 0.15) is 0 Å². The van der Waals surface area contributed by atoms with Crippen LogP contribution in [-0.4, -0.2) is 14.5 Å². The summed E-state index contributed by atoms with van der Waals surface area (Å²) in [6.07, 6.45) is 0. The Morgan fingerprint density at radius 1 is 0.389 bits per heavy atom. The lowest BCUT2D eigenvalue weighted by atomic mass is 9.92. The number of aromatic nitrogens is 3. The van der Waals surface area contributed by atoms with Crippen LogP contribution in [0.4, 0.5) is 0 Å². The first kappa shape index (κ1) is 30.7. The van der Waals surface area contributed by atoms with Crippen LogP contribution in [-0.2, 0) is 0 Å². The number of hydrogen-bond donors (Lipinski definition) is 0. The standard InChI is InChI=1S/C50H31N3S/c1-3-15-32(16-4-1)36-30-41(35-20-13-19-34(29-35)37-24-14-28-46-47(37)40-23-9-12-27-45(40)54-46)49-42(31-36)38-21-8-11-26-44(38)53(49)50-51-43-25-10-7-22-39(43)48(52-50)33-17-5-2-6-18-33/h1-31H. The molecule has 0 aliphatic carbocycles. The van der Waals surface area contributed by atoms with Gasteiger partial charge in [-0.05, 0) is 70.3 Å². The minimum Gasteiger partial charge on any atom is -0.277 e. The van der Waals surface area contributed by atoms with Gasteiger partial charge in [0.25, 0.3) is 0 Å². The van der Waals surface area contributed by atoms with Gasteiger partial charge < -0.3 is 0 Å². The number of hydrogen-bond acceptors (Lipinski definition) is 3. The zero-order valence-corrected chi connectivity index (χ0v) is 30.0. The Morgan fingerprint density at radius 3 is 1.85 bits per heavy atom. The van der Waals surface area contributed by atoms with Crippen molar-refractivity contribution in [1.82, 2.24) is 14.5 Å². The number of rotatable bonds is 5. The van der Waals surface area contributed by atoms with Gasteiger partial charge in [-0.2, -0.15) is 0 Å². The molecule has 54 heavy (non-hydrogen) atoms. The molecule has 3 nitrogen and oxygen atoms in total. The minimum atomic E-state index is 0.651. The van der Waals surface area contributed by atoms with Gasteiger partial charge in [0, 0.05) is 47.5 Å². The van der Waals surface area contributed by atoms with Crippen LogP contribution < -0.4 is 0 Å². The van der Waals surface area contributed by atoms with E-state index < -0.39 is 0 Å². The average molecular weight is 706 g/mol. The first-order valence-corrected chi connectivity index (χ1v) is 19.1. The fourth-order valence-corrected chi connectivity index (χ4v) is 9.30. The molecule has 0 N–H and O–H groups in total. The van der Waals surface area contributed by atoms with Gasteiger partial charge in [-0.15, -0.1) is 11.3 Å². The van der Waals surface area contributed by atoms with Gasteiger partial charge >= 0.3 is 0 Å². The van der Waals surface area contributed by atoms with Crippen LogP contribution in [0.2, 0.25) is 0 Å². The maximum absolute atomic E-state index is 5.40. The van der Waals surface area contributed by atoms with Crippen LogP contribution in [0.5, 0.6) is 0 Å². The normalized spacial score (nSPS) is 11.7. The lowest BCUT2D eigenvalue weighted by molar-refractivity contribution is 1.01. The summed E-state index contributed by atoms with van der Waals surface area (Å²) in [4.78, 5) is 10.7. The van der Waals surface area contributed by atoms with Crippen molar-refractivity contribution in [2.45, 2.75) is 0 Å². The Labute approximate surface area is 316 Å². The van der Waals surface area contributed by atoms with Gasteiger partial charge in [-0.25, -0.2) is 9.97 Å². The van der Waals surface area contributed by atoms with Crippen LogP contribution in [0.15, 0.2) is 188 Å². The zero-order valence-electron chi connectivity index (χ0n) is 29.1. The van der Waals surface area contributed by atoms with E-state index in [1.165, 1.54) is 42.4 Å². The summed E-state index contributed by atoms with van der Waals surface area (Å²) < 4.78 is 4.89. The molecule has 0 amide bonds. The number of thiophene rings is 1. The van der Waals surface area contributed by atoms with Gasteiger partial charge in [0.2, 0.25) is 5.95 Å². The lowest BCUT2D eigenvalue weighted by Gasteiger charge is -2.15. The predicted molar refractivity (Wildman–Crippen MR) is 229 cm³/mol. The largest absolute Gasteiger partial charge is 0.277 e. The molecule has 8 aromatic carbocycles. The Bertz CT molecular complexity index is 3210. The molecule has 0 aliphatic heterocycles. The highest BCUT2D eigenvalue weighted by molar-refractivity contribution is 7.25. The maximum atomic E-state index is 5.40. The summed E-state index contributed by atoms with van der Waals surface area (Å²) in [7, 11) is 0. The van der Waals surface area contributed by atoms with Gasteiger partial charge in [0.15, 0.2) is 0 Å². The van der Waals surface area contributed by atoms with Crippen molar-refractivity contribution in [1.29, 1.82) is 0 Å². The van der Waals surface area contributed by atoms with Gasteiger partial charge in [-0.1, -0.05) is 146 Å². The third kappa shape index (κ3) is 4.88. The zero-order chi connectivity index (χ0) is 35.6. The summed E-state index contributed by atoms with van der Waals surface area (Å²) >= 11 is 1.86. The molecule has 4 heteroatoms. The SMILES string of the molecule is c1ccc(-c2cc(-c3cccc(-c4cccc5sc6ccccc6c45)c3)c3c(c2)c2ccccc2n3-c2nc(-c3ccccc3)c3ccccc3n2)cc1. The monoisotopic (exact) mass is 705 g/mol. The Kier molecular flexibility index (Phi) is 7.04. The summed E-state index contributed by atoms with van der Waals surface area (Å²) in [6, 6.07) is 67.3. The summed E-state index contributed by atoms with van der Waals surface area (Å²) in [5.74, 6) is 0.651. The quantitative estimate of drug-likeness (QED) is 0.178. The molecule has 252 valence electrons. The van der Waals surface area contributed by atoms with E-state index in [1.54, 1.807) is 0 Å². The molecule has 3 heterocycles. The van der Waals surface area contributed by atoms with Crippen molar-refractivity contribution in [2.24, 2.45) is 0 Å². The molecule has 11 aromatic rings. The van der Waals surface area contributed by atoms with Crippen molar-refractivity contribution in [3.63, 3.8) is 0 Å². The van der Waals surface area contributed by atoms with Gasteiger partial charge in [0.1, 0.15) is 0 Å². The van der Waals surface area contributed by atoms with Crippen LogP contribution in [0, 0.1) is 0 Å². The van der Waals surface area contributed by atoms with E-state index in [0.717, 1.165) is 55.1 Å². The van der Waals surface area contributed by atoms with Gasteiger partial charge in [0.05, 0.1) is 22.2 Å². The molecule has 0 atom stereocenters. The highest BCUT2D eigenvalue weighted by atomic mass is 32.1. The highest BCUT2D eigenvalue weighted by Crippen LogP contribution is 2.44. The minimum absolute atomic E-state index is 0.651. The second-order valence-corrected chi connectivity index (χ2v) is 14.8. The summed E-state index contributed by atoms with van der Waals surface area (Å²) in [6.45, 7) is 0. The van der Waals surface area contributed by atoms with Crippen molar-refractivity contribution in [3.8, 4) is 50.6 Å². The topological polar surface area (TPSA) is 30.7 Å². The summed E-state index contributed by atoms with van der Waals surface area (Å²) in [5, 5.41) is 5.97. The van der Waals surface area contributed by atoms with E-state index in [1.807, 2.05) is 17.4 Å². The predicted octanol–water partition coefficient (Wildman–Crippen LogP) is 13.8. The summed E-state index contributed by atoms with van der Waals surface area (Å²) in [5.41, 5.74) is 12.1. The number of para-hydroxylation sites is 2. The molecular weight excluding hydrogens is 675 g/mol. The molecule has 0 fully saturated rings. The van der Waals surface area contributed by atoms with Crippen molar-refractivity contribution >= 4 is 64.2 Å². The fourth-order valence-electron chi connectivity index (χ4n) is 8.17. The Morgan fingerprint density at radius 2 is 1.02 bits per heavy atom. The highest BCUT2D eigenvalue weighted by Gasteiger charge is 2.22. The van der Waals surface area contributed by atoms with E-state index in [9.17, 15) is 0 Å². The fraction of sp³-hybridized carbons (Fsp3) is 0. The van der Waals surface area contributed by atoms with E-state index >= 15 is 0 Å². The smallest absolute Gasteiger partial charge is 0.235 e. The van der Waals surface area contributed by atoms with E-state index in [0.29, 0.717) is 5.95 Å². The third-order valence-corrected chi connectivity index (χ3v) is 11.7. The second kappa shape index (κ2) is 12.4. The average Bonchev–Trinajstić information content (AvgIpc) is 3.80. The second-order valence-electron chi connectivity index (χ2n) is 13.8. The molecule has 3 aromatic heterocycles. The molecule has 0 saturated carbocycles. The molecule has 0 bridgehead atoms. The number of benzene rings is 8. The van der Waals surface area contributed by atoms with E-state index in [4.69, 9.17) is 9.97 Å². The molecule has 0 unspecified atom stereocenters. The van der Waals surface area contributed by atoms with Crippen molar-refractivity contribution in [3.05, 3.63) is 188 Å². The first-order valence-electron chi connectivity index (χ1n) is 18.2. The third-order valence-electron chi connectivity index (χ3n) is 10.6. The van der Waals surface area contributed by atoms with Crippen LogP contribution in [0.3, 0.4) is 0 Å². The molecule has 0 spiro atoms. The maximum Gasteiger partial charge on any atom is 0.235 e. The Hall–Kier alpha value is -6.88. The molecule has 0 radical (unpaired) electrons. The molecule has 11 rings (SSSR count). The molecule has 0 saturated heterocycles. The lowest BCUT2D eigenvalue weighted by Crippen LogP contribution is -2.04.